The predicted molar refractivity (Wildman–Crippen MR) is 66.3 cm³/mol. The molecule has 0 N–H and O–H groups in total. The number of fused-ring (bicyclic) bond motifs is 1. The quantitative estimate of drug-likeness (QED) is 0.793. The van der Waals surface area contributed by atoms with Gasteiger partial charge in [-0.15, -0.1) is 0 Å². The molecule has 4 nitrogen and oxygen atoms in total. The van der Waals surface area contributed by atoms with Gasteiger partial charge in [-0.1, -0.05) is 0 Å². The van der Waals surface area contributed by atoms with Crippen molar-refractivity contribution in [1.82, 2.24) is 14.3 Å². The van der Waals surface area contributed by atoms with Crippen molar-refractivity contribution in [1.29, 1.82) is 0 Å². The number of imidazole rings is 1. The van der Waals surface area contributed by atoms with Gasteiger partial charge >= 0.3 is 0 Å². The van der Waals surface area contributed by atoms with Crippen molar-refractivity contribution < 1.29 is 4.74 Å². The molecule has 1 unspecified atom stereocenters. The van der Waals surface area contributed by atoms with Gasteiger partial charge in [0.25, 0.3) is 0 Å². The van der Waals surface area contributed by atoms with Crippen molar-refractivity contribution in [2.75, 3.05) is 20.7 Å². The summed E-state index contributed by atoms with van der Waals surface area (Å²) in [6, 6.07) is 4.39. The summed E-state index contributed by atoms with van der Waals surface area (Å²) in [6.07, 6.45) is 6.59. The highest BCUT2D eigenvalue weighted by molar-refractivity contribution is 5.54. The fraction of sp³-hybridized carbons (Fsp3) is 0.462. The van der Waals surface area contributed by atoms with Gasteiger partial charge in [-0.05, 0) is 38.6 Å². The monoisotopic (exact) mass is 231 g/mol. The Morgan fingerprint density at radius 2 is 2.35 bits per heavy atom. The second kappa shape index (κ2) is 4.04. The van der Waals surface area contributed by atoms with Crippen LogP contribution in [0, 0.1) is 0 Å². The van der Waals surface area contributed by atoms with Crippen LogP contribution in [0.5, 0.6) is 5.75 Å². The first-order valence-electron chi connectivity index (χ1n) is 6.01. The van der Waals surface area contributed by atoms with Gasteiger partial charge in [0.2, 0.25) is 0 Å². The van der Waals surface area contributed by atoms with Crippen molar-refractivity contribution in [3.05, 3.63) is 30.2 Å². The molecule has 0 aliphatic carbocycles. The van der Waals surface area contributed by atoms with Crippen LogP contribution in [-0.4, -0.2) is 35.0 Å². The van der Waals surface area contributed by atoms with Gasteiger partial charge in [0, 0.05) is 12.4 Å². The van der Waals surface area contributed by atoms with Crippen molar-refractivity contribution in [2.24, 2.45) is 0 Å². The molecule has 3 heterocycles. The van der Waals surface area contributed by atoms with Gasteiger partial charge in [0.1, 0.15) is 0 Å². The lowest BCUT2D eigenvalue weighted by atomic mass is 10.2. The van der Waals surface area contributed by atoms with Crippen LogP contribution in [0.1, 0.15) is 24.6 Å². The molecule has 2 aromatic rings. The number of hydrogen-bond donors (Lipinski definition) is 0. The minimum absolute atomic E-state index is 0.458. The SMILES string of the molecule is COc1cccn2cc(C3CCCN3C)nc12. The number of aromatic nitrogens is 2. The number of nitrogens with zero attached hydrogens (tertiary/aromatic N) is 3. The Hall–Kier alpha value is -1.55. The van der Waals surface area contributed by atoms with E-state index in [-0.39, 0.29) is 0 Å². The number of ether oxygens (including phenoxy) is 1. The fourth-order valence-corrected chi connectivity index (χ4v) is 2.61. The molecule has 1 aliphatic heterocycles. The Balaban J connectivity index is 2.07. The Kier molecular flexibility index (Phi) is 2.52. The largest absolute Gasteiger partial charge is 0.493 e. The Morgan fingerprint density at radius 3 is 3.06 bits per heavy atom. The fourth-order valence-electron chi connectivity index (χ4n) is 2.61. The topological polar surface area (TPSA) is 29.8 Å². The summed E-state index contributed by atoms with van der Waals surface area (Å²) >= 11 is 0. The molecule has 0 saturated carbocycles. The van der Waals surface area contributed by atoms with E-state index in [9.17, 15) is 0 Å². The maximum Gasteiger partial charge on any atom is 0.179 e. The lowest BCUT2D eigenvalue weighted by Gasteiger charge is -2.16. The minimum Gasteiger partial charge on any atom is -0.493 e. The molecule has 0 radical (unpaired) electrons. The highest BCUT2D eigenvalue weighted by atomic mass is 16.5. The van der Waals surface area contributed by atoms with Crippen LogP contribution >= 0.6 is 0 Å². The molecule has 0 aromatic carbocycles. The van der Waals surface area contributed by atoms with Gasteiger partial charge in [0.05, 0.1) is 18.8 Å². The summed E-state index contributed by atoms with van der Waals surface area (Å²) in [6.45, 7) is 1.16. The third-order valence-electron chi connectivity index (χ3n) is 3.55. The molecule has 4 heteroatoms. The Labute approximate surface area is 101 Å². The summed E-state index contributed by atoms with van der Waals surface area (Å²) in [5.41, 5.74) is 2.06. The van der Waals surface area contributed by atoms with E-state index >= 15 is 0 Å². The molecule has 1 aliphatic rings. The van der Waals surface area contributed by atoms with Crippen molar-refractivity contribution >= 4 is 5.65 Å². The van der Waals surface area contributed by atoms with Gasteiger partial charge in [-0.3, -0.25) is 4.90 Å². The van der Waals surface area contributed by atoms with E-state index in [4.69, 9.17) is 9.72 Å². The van der Waals surface area contributed by atoms with E-state index in [1.54, 1.807) is 7.11 Å². The zero-order valence-electron chi connectivity index (χ0n) is 10.3. The van der Waals surface area contributed by atoms with Gasteiger partial charge < -0.3 is 9.14 Å². The lowest BCUT2D eigenvalue weighted by Crippen LogP contribution is -2.17. The normalized spacial score (nSPS) is 21.2. The van der Waals surface area contributed by atoms with E-state index in [0.29, 0.717) is 6.04 Å². The number of rotatable bonds is 2. The van der Waals surface area contributed by atoms with E-state index in [1.807, 2.05) is 22.7 Å². The first kappa shape index (κ1) is 10.6. The standard InChI is InChI=1S/C13H17N3O/c1-15-7-3-5-11(15)10-9-16-8-4-6-12(17-2)13(16)14-10/h4,6,8-9,11H,3,5,7H2,1-2H3. The van der Waals surface area contributed by atoms with Crippen LogP contribution in [0.4, 0.5) is 0 Å². The first-order valence-corrected chi connectivity index (χ1v) is 6.01. The third-order valence-corrected chi connectivity index (χ3v) is 3.55. The van der Waals surface area contributed by atoms with Crippen molar-refractivity contribution in [3.8, 4) is 5.75 Å². The molecular formula is C13H17N3O. The maximum atomic E-state index is 5.33. The second-order valence-electron chi connectivity index (χ2n) is 4.61. The molecule has 0 bridgehead atoms. The molecule has 90 valence electrons. The summed E-state index contributed by atoms with van der Waals surface area (Å²) in [5, 5.41) is 0. The van der Waals surface area contributed by atoms with Crippen LogP contribution in [0.3, 0.4) is 0 Å². The van der Waals surface area contributed by atoms with E-state index in [2.05, 4.69) is 18.1 Å². The van der Waals surface area contributed by atoms with Crippen molar-refractivity contribution in [3.63, 3.8) is 0 Å². The summed E-state index contributed by atoms with van der Waals surface area (Å²) in [4.78, 5) is 7.08. The molecule has 0 amide bonds. The molecule has 2 aromatic heterocycles. The third kappa shape index (κ3) is 1.69. The smallest absolute Gasteiger partial charge is 0.179 e. The molecule has 1 atom stereocenters. The Bertz CT molecular complexity index is 534. The average molecular weight is 231 g/mol. The van der Waals surface area contributed by atoms with Crippen LogP contribution in [0.15, 0.2) is 24.5 Å². The van der Waals surface area contributed by atoms with Gasteiger partial charge in [-0.2, -0.15) is 0 Å². The van der Waals surface area contributed by atoms with E-state index < -0.39 is 0 Å². The van der Waals surface area contributed by atoms with Crippen LogP contribution in [0.25, 0.3) is 5.65 Å². The molecule has 1 saturated heterocycles. The van der Waals surface area contributed by atoms with Crippen LogP contribution in [0.2, 0.25) is 0 Å². The zero-order valence-corrected chi connectivity index (χ0v) is 10.3. The number of pyridine rings is 1. The first-order chi connectivity index (χ1) is 8.29. The minimum atomic E-state index is 0.458. The highest BCUT2D eigenvalue weighted by Crippen LogP contribution is 2.31. The molecule has 0 spiro atoms. The molecule has 17 heavy (non-hydrogen) atoms. The number of methoxy groups -OCH3 is 1. The Morgan fingerprint density at radius 1 is 1.47 bits per heavy atom. The molecular weight excluding hydrogens is 214 g/mol. The van der Waals surface area contributed by atoms with Gasteiger partial charge in [-0.25, -0.2) is 4.98 Å². The van der Waals surface area contributed by atoms with Crippen LogP contribution < -0.4 is 4.74 Å². The van der Waals surface area contributed by atoms with Crippen LogP contribution in [-0.2, 0) is 0 Å². The van der Waals surface area contributed by atoms with Gasteiger partial charge in [0.15, 0.2) is 11.4 Å². The average Bonchev–Trinajstić information content (AvgIpc) is 2.93. The number of likely N-dealkylation sites (tertiary alicyclic amines) is 1. The summed E-state index contributed by atoms with van der Waals surface area (Å²) in [5.74, 6) is 0.833. The van der Waals surface area contributed by atoms with E-state index in [0.717, 1.165) is 23.6 Å². The molecule has 3 rings (SSSR count). The van der Waals surface area contributed by atoms with E-state index in [1.165, 1.54) is 12.8 Å². The number of hydrogen-bond acceptors (Lipinski definition) is 3. The zero-order chi connectivity index (χ0) is 11.8. The lowest BCUT2D eigenvalue weighted by molar-refractivity contribution is 0.312. The summed E-state index contributed by atoms with van der Waals surface area (Å²) < 4.78 is 7.38. The second-order valence-corrected chi connectivity index (χ2v) is 4.61. The van der Waals surface area contributed by atoms with Crippen molar-refractivity contribution in [2.45, 2.75) is 18.9 Å². The molecule has 1 fully saturated rings. The summed E-state index contributed by atoms with van der Waals surface area (Å²) in [7, 11) is 3.85. The predicted octanol–water partition coefficient (Wildman–Crippen LogP) is 2.11. The highest BCUT2D eigenvalue weighted by Gasteiger charge is 2.25. The maximum absolute atomic E-state index is 5.33.